The summed E-state index contributed by atoms with van der Waals surface area (Å²) < 4.78 is 15.8. The van der Waals surface area contributed by atoms with Crippen molar-refractivity contribution in [3.8, 4) is 16.8 Å². The standard InChI is InChI=1S/C20H15FN2/c1-14-11-19(21)18-13-22-23(20(18)12-14)17-9-7-16(8-10-17)15-5-3-2-4-6-15/h2-13H,1H3. The summed E-state index contributed by atoms with van der Waals surface area (Å²) in [6.07, 6.45) is 1.58. The normalized spacial score (nSPS) is 11.0. The first-order chi connectivity index (χ1) is 11.2. The summed E-state index contributed by atoms with van der Waals surface area (Å²) in [7, 11) is 0. The minimum atomic E-state index is -0.229. The Kier molecular flexibility index (Phi) is 3.19. The second kappa shape index (κ2) is 5.36. The van der Waals surface area contributed by atoms with E-state index >= 15 is 0 Å². The van der Waals surface area contributed by atoms with Crippen LogP contribution in [0.3, 0.4) is 0 Å². The van der Waals surface area contributed by atoms with Crippen LogP contribution in [0.4, 0.5) is 4.39 Å². The van der Waals surface area contributed by atoms with Gasteiger partial charge in [0.15, 0.2) is 0 Å². The Bertz CT molecular complexity index is 970. The van der Waals surface area contributed by atoms with E-state index in [1.165, 1.54) is 11.6 Å². The SMILES string of the molecule is Cc1cc(F)c2cnn(-c3ccc(-c4ccccc4)cc3)c2c1. The van der Waals surface area contributed by atoms with Gasteiger partial charge in [-0.25, -0.2) is 9.07 Å². The van der Waals surface area contributed by atoms with Crippen molar-refractivity contribution in [3.05, 3.63) is 84.3 Å². The van der Waals surface area contributed by atoms with E-state index in [-0.39, 0.29) is 5.82 Å². The van der Waals surface area contributed by atoms with Crippen molar-refractivity contribution in [3.63, 3.8) is 0 Å². The zero-order valence-electron chi connectivity index (χ0n) is 12.7. The fourth-order valence-corrected chi connectivity index (χ4v) is 2.85. The Labute approximate surface area is 133 Å². The fourth-order valence-electron chi connectivity index (χ4n) is 2.85. The molecule has 0 saturated carbocycles. The van der Waals surface area contributed by atoms with Crippen molar-refractivity contribution in [2.45, 2.75) is 6.92 Å². The highest BCUT2D eigenvalue weighted by molar-refractivity contribution is 5.81. The van der Waals surface area contributed by atoms with Crippen LogP contribution in [0.15, 0.2) is 72.9 Å². The quantitative estimate of drug-likeness (QED) is 0.501. The van der Waals surface area contributed by atoms with E-state index in [4.69, 9.17) is 0 Å². The van der Waals surface area contributed by atoms with Crippen LogP contribution in [0.1, 0.15) is 5.56 Å². The van der Waals surface area contributed by atoms with Gasteiger partial charge in [-0.1, -0.05) is 42.5 Å². The lowest BCUT2D eigenvalue weighted by molar-refractivity contribution is 0.639. The molecule has 4 rings (SSSR count). The molecular formula is C20H15FN2. The molecule has 0 atom stereocenters. The molecule has 0 aliphatic heterocycles. The largest absolute Gasteiger partial charge is 0.233 e. The van der Waals surface area contributed by atoms with E-state index in [9.17, 15) is 4.39 Å². The number of hydrogen-bond donors (Lipinski definition) is 0. The van der Waals surface area contributed by atoms with Crippen molar-refractivity contribution in [1.82, 2.24) is 9.78 Å². The number of nitrogens with zero attached hydrogens (tertiary/aromatic N) is 2. The Hall–Kier alpha value is -2.94. The van der Waals surface area contributed by atoms with Crippen LogP contribution >= 0.6 is 0 Å². The van der Waals surface area contributed by atoms with Crippen LogP contribution in [0.5, 0.6) is 0 Å². The summed E-state index contributed by atoms with van der Waals surface area (Å²) in [6.45, 7) is 1.89. The summed E-state index contributed by atoms with van der Waals surface area (Å²) in [5.74, 6) is -0.229. The van der Waals surface area contributed by atoms with E-state index < -0.39 is 0 Å². The predicted molar refractivity (Wildman–Crippen MR) is 91.2 cm³/mol. The van der Waals surface area contributed by atoms with E-state index in [1.54, 1.807) is 10.9 Å². The van der Waals surface area contributed by atoms with Gasteiger partial charge in [-0.3, -0.25) is 0 Å². The molecule has 1 aromatic heterocycles. The third kappa shape index (κ3) is 2.40. The first-order valence-corrected chi connectivity index (χ1v) is 7.52. The molecule has 0 aliphatic carbocycles. The molecule has 0 aliphatic rings. The number of hydrogen-bond acceptors (Lipinski definition) is 1. The van der Waals surface area contributed by atoms with Gasteiger partial charge in [0.25, 0.3) is 0 Å². The summed E-state index contributed by atoms with van der Waals surface area (Å²) in [6, 6.07) is 21.8. The Morgan fingerprint density at radius 2 is 1.57 bits per heavy atom. The molecule has 0 unspecified atom stereocenters. The molecule has 3 aromatic carbocycles. The molecule has 4 aromatic rings. The number of fused-ring (bicyclic) bond motifs is 1. The minimum Gasteiger partial charge on any atom is -0.233 e. The van der Waals surface area contributed by atoms with Gasteiger partial charge >= 0.3 is 0 Å². The fraction of sp³-hybridized carbons (Fsp3) is 0.0500. The average molecular weight is 302 g/mol. The van der Waals surface area contributed by atoms with Gasteiger partial charge < -0.3 is 0 Å². The number of aromatic nitrogens is 2. The molecular weight excluding hydrogens is 287 g/mol. The molecule has 0 amide bonds. The number of rotatable bonds is 2. The molecule has 0 radical (unpaired) electrons. The van der Waals surface area contributed by atoms with Crippen molar-refractivity contribution < 1.29 is 4.39 Å². The zero-order valence-corrected chi connectivity index (χ0v) is 12.7. The van der Waals surface area contributed by atoms with Gasteiger partial charge in [0.2, 0.25) is 0 Å². The van der Waals surface area contributed by atoms with Crippen LogP contribution in [0.2, 0.25) is 0 Å². The summed E-state index contributed by atoms with van der Waals surface area (Å²) >= 11 is 0. The Morgan fingerprint density at radius 1 is 0.870 bits per heavy atom. The van der Waals surface area contributed by atoms with Crippen molar-refractivity contribution >= 4 is 10.9 Å². The summed E-state index contributed by atoms with van der Waals surface area (Å²) in [4.78, 5) is 0. The first kappa shape index (κ1) is 13.7. The van der Waals surface area contributed by atoms with Gasteiger partial charge in [0, 0.05) is 0 Å². The predicted octanol–water partition coefficient (Wildman–Crippen LogP) is 5.14. The lowest BCUT2D eigenvalue weighted by atomic mass is 10.1. The number of aryl methyl sites for hydroxylation is 1. The summed E-state index contributed by atoms with van der Waals surface area (Å²) in [5.41, 5.74) is 4.91. The second-order valence-electron chi connectivity index (χ2n) is 5.65. The van der Waals surface area contributed by atoms with Crippen molar-refractivity contribution in [2.75, 3.05) is 0 Å². The van der Waals surface area contributed by atoms with E-state index in [2.05, 4.69) is 29.4 Å². The lowest BCUT2D eigenvalue weighted by Gasteiger charge is -2.07. The molecule has 0 saturated heterocycles. The van der Waals surface area contributed by atoms with Gasteiger partial charge in [0.05, 0.1) is 22.8 Å². The maximum atomic E-state index is 14.0. The molecule has 2 nitrogen and oxygen atoms in total. The third-order valence-electron chi connectivity index (χ3n) is 4.00. The molecule has 0 N–H and O–H groups in total. The topological polar surface area (TPSA) is 17.8 Å². The summed E-state index contributed by atoms with van der Waals surface area (Å²) in [5, 5.41) is 4.89. The van der Waals surface area contributed by atoms with E-state index in [1.807, 2.05) is 43.3 Å². The highest BCUT2D eigenvalue weighted by atomic mass is 19.1. The maximum absolute atomic E-state index is 14.0. The van der Waals surface area contributed by atoms with Crippen molar-refractivity contribution in [1.29, 1.82) is 0 Å². The highest BCUT2D eigenvalue weighted by Gasteiger charge is 2.09. The van der Waals surface area contributed by atoms with Crippen LogP contribution in [-0.2, 0) is 0 Å². The van der Waals surface area contributed by atoms with Crippen LogP contribution < -0.4 is 0 Å². The molecule has 3 heteroatoms. The Balaban J connectivity index is 1.80. The van der Waals surface area contributed by atoms with Gasteiger partial charge in [-0.05, 0) is 47.9 Å². The monoisotopic (exact) mass is 302 g/mol. The highest BCUT2D eigenvalue weighted by Crippen LogP contribution is 2.25. The second-order valence-corrected chi connectivity index (χ2v) is 5.65. The molecule has 23 heavy (non-hydrogen) atoms. The smallest absolute Gasteiger partial charge is 0.134 e. The van der Waals surface area contributed by atoms with Crippen LogP contribution in [-0.4, -0.2) is 9.78 Å². The zero-order chi connectivity index (χ0) is 15.8. The molecule has 112 valence electrons. The number of benzene rings is 3. The average Bonchev–Trinajstić information content (AvgIpc) is 3.00. The first-order valence-electron chi connectivity index (χ1n) is 7.52. The van der Waals surface area contributed by atoms with Gasteiger partial charge in [0.1, 0.15) is 5.82 Å². The third-order valence-corrected chi connectivity index (χ3v) is 4.00. The molecule has 0 spiro atoms. The molecule has 0 bridgehead atoms. The lowest BCUT2D eigenvalue weighted by Crippen LogP contribution is -1.96. The number of halogens is 1. The van der Waals surface area contributed by atoms with Crippen LogP contribution in [0.25, 0.3) is 27.7 Å². The van der Waals surface area contributed by atoms with Crippen LogP contribution in [0, 0.1) is 12.7 Å². The Morgan fingerprint density at radius 3 is 2.30 bits per heavy atom. The molecule has 0 fully saturated rings. The van der Waals surface area contributed by atoms with Gasteiger partial charge in [-0.2, -0.15) is 5.10 Å². The maximum Gasteiger partial charge on any atom is 0.134 e. The van der Waals surface area contributed by atoms with E-state index in [0.717, 1.165) is 22.3 Å². The van der Waals surface area contributed by atoms with E-state index in [0.29, 0.717) is 5.39 Å². The molecule has 1 heterocycles. The van der Waals surface area contributed by atoms with Gasteiger partial charge in [-0.15, -0.1) is 0 Å². The van der Waals surface area contributed by atoms with Crippen molar-refractivity contribution in [2.24, 2.45) is 0 Å². The minimum absolute atomic E-state index is 0.229.